The molecule has 118 valence electrons. The van der Waals surface area contributed by atoms with Gasteiger partial charge in [-0.2, -0.15) is 0 Å². The van der Waals surface area contributed by atoms with E-state index in [0.717, 1.165) is 19.3 Å². The van der Waals surface area contributed by atoms with Crippen LogP contribution in [0.1, 0.15) is 39.5 Å². The number of nitrogens with one attached hydrogen (secondary N) is 1. The van der Waals surface area contributed by atoms with E-state index in [9.17, 15) is 9.59 Å². The highest BCUT2D eigenvalue weighted by Gasteiger charge is 2.27. The maximum atomic E-state index is 12.1. The third-order valence-corrected chi connectivity index (χ3v) is 3.94. The first-order chi connectivity index (χ1) is 10.1. The fraction of sp³-hybridized carbons (Fsp3) is 0.733. The molecule has 1 aliphatic carbocycles. The molecule has 1 heterocycles. The number of amides is 1. The van der Waals surface area contributed by atoms with Crippen LogP contribution >= 0.6 is 0 Å². The molecule has 0 unspecified atom stereocenters. The van der Waals surface area contributed by atoms with Gasteiger partial charge in [0.15, 0.2) is 6.10 Å². The SMILES string of the molecule is C[C@@H]1CCCC[C@@H]1NC(=O)[C@@H](C)OC(=O)C1=COCCO1. The van der Waals surface area contributed by atoms with Gasteiger partial charge in [0.2, 0.25) is 5.76 Å². The van der Waals surface area contributed by atoms with E-state index in [-0.39, 0.29) is 17.7 Å². The molecule has 0 bridgehead atoms. The predicted octanol–water partition coefficient (Wildman–Crippen LogP) is 1.50. The van der Waals surface area contributed by atoms with Crippen molar-refractivity contribution in [3.63, 3.8) is 0 Å². The van der Waals surface area contributed by atoms with Crippen molar-refractivity contribution in [1.82, 2.24) is 5.32 Å². The fourth-order valence-corrected chi connectivity index (χ4v) is 2.58. The van der Waals surface area contributed by atoms with Crippen LogP contribution in [-0.2, 0) is 23.8 Å². The van der Waals surface area contributed by atoms with Crippen molar-refractivity contribution in [3.8, 4) is 0 Å². The lowest BCUT2D eigenvalue weighted by molar-refractivity contribution is -0.155. The van der Waals surface area contributed by atoms with E-state index >= 15 is 0 Å². The third kappa shape index (κ3) is 4.37. The first-order valence-electron chi connectivity index (χ1n) is 7.54. The molecule has 0 aromatic heterocycles. The molecule has 0 aromatic carbocycles. The van der Waals surface area contributed by atoms with E-state index in [1.807, 2.05) is 0 Å². The van der Waals surface area contributed by atoms with Gasteiger partial charge < -0.3 is 19.5 Å². The number of rotatable bonds is 4. The van der Waals surface area contributed by atoms with Gasteiger partial charge in [0.05, 0.1) is 0 Å². The van der Waals surface area contributed by atoms with E-state index in [4.69, 9.17) is 14.2 Å². The van der Waals surface area contributed by atoms with Gasteiger partial charge in [0, 0.05) is 6.04 Å². The lowest BCUT2D eigenvalue weighted by Gasteiger charge is -2.30. The molecule has 1 fully saturated rings. The average molecular weight is 297 g/mol. The Balaban J connectivity index is 1.81. The molecular weight excluding hydrogens is 274 g/mol. The minimum Gasteiger partial charge on any atom is -0.493 e. The second-order valence-corrected chi connectivity index (χ2v) is 5.63. The van der Waals surface area contributed by atoms with E-state index in [2.05, 4.69) is 12.2 Å². The van der Waals surface area contributed by atoms with Gasteiger partial charge in [-0.15, -0.1) is 0 Å². The average Bonchev–Trinajstić information content (AvgIpc) is 2.50. The van der Waals surface area contributed by atoms with E-state index in [1.165, 1.54) is 12.7 Å². The zero-order chi connectivity index (χ0) is 15.2. The van der Waals surface area contributed by atoms with E-state index < -0.39 is 12.1 Å². The van der Waals surface area contributed by atoms with Crippen LogP contribution in [0.5, 0.6) is 0 Å². The molecule has 0 saturated heterocycles. The van der Waals surface area contributed by atoms with Crippen LogP contribution in [0.3, 0.4) is 0 Å². The topological polar surface area (TPSA) is 73.9 Å². The molecular formula is C15H23NO5. The molecule has 0 aromatic rings. The summed E-state index contributed by atoms with van der Waals surface area (Å²) in [5.74, 6) is -0.469. The smallest absolute Gasteiger partial charge is 0.377 e. The number of ether oxygens (including phenoxy) is 3. The van der Waals surface area contributed by atoms with E-state index in [1.54, 1.807) is 6.92 Å². The summed E-state index contributed by atoms with van der Waals surface area (Å²) in [6, 6.07) is 0.167. The molecule has 1 amide bonds. The van der Waals surface area contributed by atoms with Crippen LogP contribution < -0.4 is 5.32 Å². The summed E-state index contributed by atoms with van der Waals surface area (Å²) in [4.78, 5) is 23.9. The Kier molecular flexibility index (Phi) is 5.47. The summed E-state index contributed by atoms with van der Waals surface area (Å²) in [6.07, 6.45) is 4.82. The van der Waals surface area contributed by atoms with Crippen molar-refractivity contribution in [1.29, 1.82) is 0 Å². The van der Waals surface area contributed by atoms with Crippen LogP contribution in [0.15, 0.2) is 12.0 Å². The fourth-order valence-electron chi connectivity index (χ4n) is 2.58. The third-order valence-electron chi connectivity index (χ3n) is 3.94. The number of esters is 1. The number of carbonyl (C=O) groups is 2. The van der Waals surface area contributed by atoms with Crippen LogP contribution in [0.2, 0.25) is 0 Å². The summed E-state index contributed by atoms with van der Waals surface area (Å²) >= 11 is 0. The Bertz CT molecular complexity index is 420. The first kappa shape index (κ1) is 15.7. The summed E-state index contributed by atoms with van der Waals surface area (Å²) in [5.41, 5.74) is 0. The quantitative estimate of drug-likeness (QED) is 0.796. The monoisotopic (exact) mass is 297 g/mol. The summed E-state index contributed by atoms with van der Waals surface area (Å²) in [5, 5.41) is 2.97. The maximum Gasteiger partial charge on any atom is 0.377 e. The van der Waals surface area contributed by atoms with Crippen molar-refractivity contribution in [3.05, 3.63) is 12.0 Å². The van der Waals surface area contributed by atoms with Gasteiger partial charge >= 0.3 is 5.97 Å². The van der Waals surface area contributed by atoms with Gasteiger partial charge in [-0.3, -0.25) is 4.79 Å². The van der Waals surface area contributed by atoms with Gasteiger partial charge in [-0.1, -0.05) is 19.8 Å². The maximum absolute atomic E-state index is 12.1. The number of carbonyl (C=O) groups excluding carboxylic acids is 2. The lowest BCUT2D eigenvalue weighted by Crippen LogP contribution is -2.46. The lowest BCUT2D eigenvalue weighted by atomic mass is 9.86. The highest BCUT2D eigenvalue weighted by molar-refractivity contribution is 5.89. The van der Waals surface area contributed by atoms with Crippen molar-refractivity contribution in [2.75, 3.05) is 13.2 Å². The number of hydrogen-bond donors (Lipinski definition) is 1. The summed E-state index contributed by atoms with van der Waals surface area (Å²) < 4.78 is 15.2. The normalized spacial score (nSPS) is 26.7. The molecule has 1 saturated carbocycles. The van der Waals surface area contributed by atoms with Crippen LogP contribution in [-0.4, -0.2) is 37.2 Å². The largest absolute Gasteiger partial charge is 0.493 e. The van der Waals surface area contributed by atoms with Crippen LogP contribution in [0.4, 0.5) is 0 Å². The van der Waals surface area contributed by atoms with Gasteiger partial charge in [-0.25, -0.2) is 4.79 Å². The Labute approximate surface area is 124 Å². The zero-order valence-electron chi connectivity index (χ0n) is 12.6. The molecule has 6 heteroatoms. The predicted molar refractivity (Wildman–Crippen MR) is 75.1 cm³/mol. The molecule has 21 heavy (non-hydrogen) atoms. The van der Waals surface area contributed by atoms with E-state index in [0.29, 0.717) is 19.1 Å². The molecule has 3 atom stereocenters. The molecule has 2 aliphatic rings. The minimum atomic E-state index is -0.849. The van der Waals surface area contributed by atoms with Crippen molar-refractivity contribution in [2.45, 2.75) is 51.7 Å². The van der Waals surface area contributed by atoms with Gasteiger partial charge in [-0.05, 0) is 25.7 Å². The molecule has 0 spiro atoms. The molecule has 1 aliphatic heterocycles. The molecule has 6 nitrogen and oxygen atoms in total. The Morgan fingerprint density at radius 2 is 2.10 bits per heavy atom. The molecule has 1 N–H and O–H groups in total. The Hall–Kier alpha value is -1.72. The van der Waals surface area contributed by atoms with Crippen LogP contribution in [0.25, 0.3) is 0 Å². The van der Waals surface area contributed by atoms with Gasteiger partial charge in [0.25, 0.3) is 5.91 Å². The molecule has 2 rings (SSSR count). The van der Waals surface area contributed by atoms with Crippen molar-refractivity contribution < 1.29 is 23.8 Å². The minimum absolute atomic E-state index is 0.00642. The highest BCUT2D eigenvalue weighted by atomic mass is 16.6. The second kappa shape index (κ2) is 7.33. The van der Waals surface area contributed by atoms with Crippen LogP contribution in [0, 0.1) is 5.92 Å². The summed E-state index contributed by atoms with van der Waals surface area (Å²) in [7, 11) is 0. The zero-order valence-corrected chi connectivity index (χ0v) is 12.6. The first-order valence-corrected chi connectivity index (χ1v) is 7.54. The van der Waals surface area contributed by atoms with Crippen molar-refractivity contribution >= 4 is 11.9 Å². The Morgan fingerprint density at radius 3 is 2.76 bits per heavy atom. The second-order valence-electron chi connectivity index (χ2n) is 5.63. The Morgan fingerprint density at radius 1 is 1.33 bits per heavy atom. The van der Waals surface area contributed by atoms with Crippen molar-refractivity contribution in [2.24, 2.45) is 5.92 Å². The standard InChI is InChI=1S/C15H23NO5/c1-10-5-3-4-6-12(10)16-14(17)11(2)21-15(18)13-9-19-7-8-20-13/h9-12H,3-8H2,1-2H3,(H,16,17)/t10-,11-,12+/m1/s1. The highest BCUT2D eigenvalue weighted by Crippen LogP contribution is 2.23. The molecule has 0 radical (unpaired) electrons. The number of hydrogen-bond acceptors (Lipinski definition) is 5. The summed E-state index contributed by atoms with van der Waals surface area (Å²) in [6.45, 7) is 4.41. The van der Waals surface area contributed by atoms with Gasteiger partial charge in [0.1, 0.15) is 19.5 Å².